The monoisotopic (exact) mass is 256 g/mol. The summed E-state index contributed by atoms with van der Waals surface area (Å²) in [6.45, 7) is 3.02. The topological polar surface area (TPSA) is 36.3 Å². The van der Waals surface area contributed by atoms with Crippen molar-refractivity contribution in [2.75, 3.05) is 20.1 Å². The number of ether oxygens (including phenoxy) is 1. The molecule has 3 atom stereocenters. The number of nitriles is 1. The van der Waals surface area contributed by atoms with E-state index < -0.39 is 0 Å². The van der Waals surface area contributed by atoms with Gasteiger partial charge < -0.3 is 9.64 Å². The summed E-state index contributed by atoms with van der Waals surface area (Å²) in [7, 11) is 2.21. The van der Waals surface area contributed by atoms with E-state index in [-0.39, 0.29) is 0 Å². The summed E-state index contributed by atoms with van der Waals surface area (Å²) < 4.78 is 6.17. The highest BCUT2D eigenvalue weighted by Gasteiger charge is 2.41. The van der Waals surface area contributed by atoms with E-state index in [9.17, 15) is 0 Å². The lowest BCUT2D eigenvalue weighted by Gasteiger charge is -2.35. The Balaban J connectivity index is 1.59. The number of rotatable bonds is 3. The van der Waals surface area contributed by atoms with Crippen molar-refractivity contribution in [1.82, 2.24) is 4.90 Å². The Hall–Kier alpha value is -1.37. The first kappa shape index (κ1) is 12.7. The Kier molecular flexibility index (Phi) is 3.54. The van der Waals surface area contributed by atoms with Crippen LogP contribution in [0.2, 0.25) is 0 Å². The molecule has 1 saturated carbocycles. The summed E-state index contributed by atoms with van der Waals surface area (Å²) in [6, 6.07) is 9.86. The highest BCUT2D eigenvalue weighted by Crippen LogP contribution is 2.38. The van der Waals surface area contributed by atoms with Crippen molar-refractivity contribution in [3.05, 3.63) is 35.4 Å². The van der Waals surface area contributed by atoms with Crippen LogP contribution in [0.5, 0.6) is 0 Å². The first-order chi connectivity index (χ1) is 9.26. The third-order valence-corrected chi connectivity index (χ3v) is 4.46. The average Bonchev–Trinajstić information content (AvgIpc) is 2.67. The van der Waals surface area contributed by atoms with Crippen molar-refractivity contribution in [1.29, 1.82) is 5.26 Å². The third kappa shape index (κ3) is 2.65. The van der Waals surface area contributed by atoms with Crippen molar-refractivity contribution in [2.45, 2.75) is 25.6 Å². The summed E-state index contributed by atoms with van der Waals surface area (Å²) in [5, 5.41) is 8.78. The molecule has 0 radical (unpaired) electrons. The van der Waals surface area contributed by atoms with Gasteiger partial charge in [0.2, 0.25) is 0 Å². The summed E-state index contributed by atoms with van der Waals surface area (Å²) >= 11 is 0. The molecule has 0 N–H and O–H groups in total. The smallest absolute Gasteiger partial charge is 0.0991 e. The molecule has 3 heteroatoms. The normalized spacial score (nSPS) is 30.2. The zero-order chi connectivity index (χ0) is 13.2. The second-order valence-corrected chi connectivity index (χ2v) is 5.90. The van der Waals surface area contributed by atoms with Crippen LogP contribution in [0.3, 0.4) is 0 Å². The Morgan fingerprint density at radius 3 is 2.42 bits per heavy atom. The van der Waals surface area contributed by atoms with E-state index in [0.29, 0.717) is 30.1 Å². The lowest BCUT2D eigenvalue weighted by Crippen LogP contribution is -2.43. The molecule has 1 heterocycles. The Morgan fingerprint density at radius 1 is 1.21 bits per heavy atom. The molecule has 0 aromatic heterocycles. The Bertz CT molecular complexity index is 463. The van der Waals surface area contributed by atoms with Crippen molar-refractivity contribution >= 4 is 0 Å². The number of hydrogen-bond acceptors (Lipinski definition) is 3. The van der Waals surface area contributed by atoms with Gasteiger partial charge in [-0.2, -0.15) is 5.26 Å². The molecule has 100 valence electrons. The maximum Gasteiger partial charge on any atom is 0.0991 e. The summed E-state index contributed by atoms with van der Waals surface area (Å²) in [4.78, 5) is 2.43. The van der Waals surface area contributed by atoms with E-state index in [0.717, 1.165) is 5.56 Å². The van der Waals surface area contributed by atoms with Gasteiger partial charge in [-0.15, -0.1) is 0 Å². The van der Waals surface area contributed by atoms with E-state index >= 15 is 0 Å². The number of nitrogens with zero attached hydrogens (tertiary/aromatic N) is 2. The SMILES string of the molecule is CN1C[C@H]2CC[C@@H](C1)[C@H]2OCc1ccc(C#N)cc1. The molecular formula is C16H20N2O. The van der Waals surface area contributed by atoms with Crippen molar-refractivity contribution in [3.63, 3.8) is 0 Å². The predicted molar refractivity (Wildman–Crippen MR) is 73.4 cm³/mol. The summed E-state index contributed by atoms with van der Waals surface area (Å²) in [5.41, 5.74) is 1.88. The van der Waals surface area contributed by atoms with Crippen LogP contribution in [0.15, 0.2) is 24.3 Å². The van der Waals surface area contributed by atoms with Gasteiger partial charge in [0.05, 0.1) is 24.3 Å². The zero-order valence-corrected chi connectivity index (χ0v) is 11.4. The van der Waals surface area contributed by atoms with Gasteiger partial charge in [0, 0.05) is 13.1 Å². The molecule has 19 heavy (non-hydrogen) atoms. The highest BCUT2D eigenvalue weighted by molar-refractivity contribution is 5.31. The molecule has 1 aliphatic heterocycles. The van der Waals surface area contributed by atoms with Gasteiger partial charge >= 0.3 is 0 Å². The summed E-state index contributed by atoms with van der Waals surface area (Å²) in [6.07, 6.45) is 3.06. The van der Waals surface area contributed by atoms with E-state index in [1.807, 2.05) is 24.3 Å². The number of benzene rings is 1. The van der Waals surface area contributed by atoms with E-state index in [1.165, 1.54) is 25.9 Å². The van der Waals surface area contributed by atoms with Gasteiger partial charge in [-0.05, 0) is 49.4 Å². The molecule has 1 aromatic rings. The zero-order valence-electron chi connectivity index (χ0n) is 11.4. The molecule has 1 saturated heterocycles. The Labute approximate surface area is 114 Å². The molecule has 1 aliphatic carbocycles. The minimum absolute atomic E-state index is 0.437. The van der Waals surface area contributed by atoms with Gasteiger partial charge in [0.15, 0.2) is 0 Å². The van der Waals surface area contributed by atoms with E-state index in [1.54, 1.807) is 0 Å². The van der Waals surface area contributed by atoms with E-state index in [4.69, 9.17) is 10.00 Å². The van der Waals surface area contributed by atoms with Gasteiger partial charge in [-0.1, -0.05) is 12.1 Å². The lowest BCUT2D eigenvalue weighted by atomic mass is 9.95. The van der Waals surface area contributed by atoms with Gasteiger partial charge in [0.1, 0.15) is 0 Å². The fourth-order valence-corrected chi connectivity index (χ4v) is 3.55. The molecule has 2 aliphatic rings. The maximum absolute atomic E-state index is 8.78. The van der Waals surface area contributed by atoms with Crippen molar-refractivity contribution < 1.29 is 4.74 Å². The highest BCUT2D eigenvalue weighted by atomic mass is 16.5. The molecule has 3 nitrogen and oxygen atoms in total. The molecule has 0 amide bonds. The number of hydrogen-bond donors (Lipinski definition) is 0. The third-order valence-electron chi connectivity index (χ3n) is 4.46. The number of piperidine rings is 1. The lowest BCUT2D eigenvalue weighted by molar-refractivity contribution is -0.0460. The van der Waals surface area contributed by atoms with Crippen LogP contribution in [0.1, 0.15) is 24.0 Å². The fraction of sp³-hybridized carbons (Fsp3) is 0.562. The van der Waals surface area contributed by atoms with Crippen LogP contribution in [0, 0.1) is 23.2 Å². The van der Waals surface area contributed by atoms with Crippen LogP contribution in [0.25, 0.3) is 0 Å². The van der Waals surface area contributed by atoms with Crippen LogP contribution in [-0.2, 0) is 11.3 Å². The number of fused-ring (bicyclic) bond motifs is 2. The number of likely N-dealkylation sites (tertiary alicyclic amines) is 1. The minimum atomic E-state index is 0.437. The maximum atomic E-state index is 8.78. The van der Waals surface area contributed by atoms with Gasteiger partial charge in [0.25, 0.3) is 0 Å². The second-order valence-electron chi connectivity index (χ2n) is 5.90. The van der Waals surface area contributed by atoms with Gasteiger partial charge in [-0.3, -0.25) is 0 Å². The fourth-order valence-electron chi connectivity index (χ4n) is 3.55. The molecule has 0 unspecified atom stereocenters. The molecule has 1 aromatic carbocycles. The minimum Gasteiger partial charge on any atom is -0.373 e. The molecule has 0 spiro atoms. The second kappa shape index (κ2) is 5.32. The van der Waals surface area contributed by atoms with Crippen LogP contribution < -0.4 is 0 Å². The predicted octanol–water partition coefficient (Wildman–Crippen LogP) is 2.42. The molecule has 2 fully saturated rings. The Morgan fingerprint density at radius 2 is 1.84 bits per heavy atom. The first-order valence-corrected chi connectivity index (χ1v) is 7.05. The van der Waals surface area contributed by atoms with Crippen molar-refractivity contribution in [3.8, 4) is 6.07 Å². The van der Waals surface area contributed by atoms with Crippen LogP contribution >= 0.6 is 0 Å². The quantitative estimate of drug-likeness (QED) is 0.833. The first-order valence-electron chi connectivity index (χ1n) is 7.05. The molecule has 2 bridgehead atoms. The average molecular weight is 256 g/mol. The van der Waals surface area contributed by atoms with Crippen LogP contribution in [0.4, 0.5) is 0 Å². The molecule has 3 rings (SSSR count). The largest absolute Gasteiger partial charge is 0.373 e. The van der Waals surface area contributed by atoms with Crippen LogP contribution in [-0.4, -0.2) is 31.1 Å². The summed E-state index contributed by atoms with van der Waals surface area (Å²) in [5.74, 6) is 1.42. The molecular weight excluding hydrogens is 236 g/mol. The standard InChI is InChI=1S/C16H20N2O/c1-18-9-14-6-7-15(10-18)16(14)19-11-13-4-2-12(8-17)3-5-13/h2-5,14-16H,6-7,9-11H2,1H3/t14-,15+,16+. The van der Waals surface area contributed by atoms with Gasteiger partial charge in [-0.25, -0.2) is 0 Å². The van der Waals surface area contributed by atoms with Crippen molar-refractivity contribution in [2.24, 2.45) is 11.8 Å². The van der Waals surface area contributed by atoms with E-state index in [2.05, 4.69) is 18.0 Å².